The summed E-state index contributed by atoms with van der Waals surface area (Å²) in [6.07, 6.45) is 1.63. The average molecular weight is 348 g/mol. The fourth-order valence-corrected chi connectivity index (χ4v) is 2.67. The largest absolute Gasteiger partial charge is 0.351 e. The lowest BCUT2D eigenvalue weighted by Gasteiger charge is -2.10. The van der Waals surface area contributed by atoms with E-state index >= 15 is 0 Å². The average Bonchev–Trinajstić information content (AvgIpc) is 3.02. The van der Waals surface area contributed by atoms with Gasteiger partial charge in [0.05, 0.1) is 17.6 Å². The summed E-state index contributed by atoms with van der Waals surface area (Å²) >= 11 is 0. The van der Waals surface area contributed by atoms with Gasteiger partial charge >= 0.3 is 0 Å². The van der Waals surface area contributed by atoms with Gasteiger partial charge in [-0.25, -0.2) is 4.98 Å². The number of benzene rings is 2. The Bertz CT molecular complexity index is 931. The highest BCUT2D eigenvalue weighted by atomic mass is 16.2. The maximum Gasteiger partial charge on any atom is 0.251 e. The van der Waals surface area contributed by atoms with Crippen molar-refractivity contribution in [3.8, 4) is 0 Å². The van der Waals surface area contributed by atoms with Crippen LogP contribution in [-0.4, -0.2) is 27.9 Å². The highest BCUT2D eigenvalue weighted by Gasteiger charge is 2.14. The molecule has 132 valence electrons. The zero-order chi connectivity index (χ0) is 18.4. The van der Waals surface area contributed by atoms with Gasteiger partial charge in [0.25, 0.3) is 5.91 Å². The number of aromatic nitrogens is 2. The van der Waals surface area contributed by atoms with E-state index in [0.717, 1.165) is 11.0 Å². The van der Waals surface area contributed by atoms with E-state index in [2.05, 4.69) is 22.2 Å². The molecule has 2 amide bonds. The number of carbonyl (C=O) groups is 2. The number of nitrogens with one attached hydrogen (secondary N) is 2. The van der Waals surface area contributed by atoms with Crippen molar-refractivity contribution in [3.63, 3.8) is 0 Å². The molecule has 1 heterocycles. The Morgan fingerprint density at radius 2 is 1.77 bits per heavy atom. The Kier molecular flexibility index (Phi) is 5.43. The molecule has 1 aromatic heterocycles. The summed E-state index contributed by atoms with van der Waals surface area (Å²) in [5, 5.41) is 5.62. The van der Waals surface area contributed by atoms with Crippen LogP contribution in [0.25, 0.3) is 11.0 Å². The van der Waals surface area contributed by atoms with Crippen LogP contribution in [0.15, 0.2) is 67.3 Å². The fraction of sp³-hybridized carbons (Fsp3) is 0.150. The topological polar surface area (TPSA) is 76.0 Å². The third-order valence-corrected chi connectivity index (χ3v) is 3.92. The lowest BCUT2D eigenvalue weighted by molar-refractivity contribution is -0.121. The molecule has 0 saturated carbocycles. The van der Waals surface area contributed by atoms with Gasteiger partial charge in [-0.15, -0.1) is 6.58 Å². The van der Waals surface area contributed by atoms with Crippen molar-refractivity contribution in [2.24, 2.45) is 0 Å². The van der Waals surface area contributed by atoms with Crippen molar-refractivity contribution in [1.29, 1.82) is 0 Å². The molecular formula is C20H20N4O2. The van der Waals surface area contributed by atoms with E-state index in [-0.39, 0.29) is 24.9 Å². The molecule has 3 aromatic rings. The first kappa shape index (κ1) is 17.4. The molecule has 0 radical (unpaired) electrons. The van der Waals surface area contributed by atoms with Gasteiger partial charge in [-0.2, -0.15) is 0 Å². The van der Waals surface area contributed by atoms with E-state index in [1.165, 1.54) is 0 Å². The second-order valence-corrected chi connectivity index (χ2v) is 5.74. The van der Waals surface area contributed by atoms with Crippen LogP contribution in [0.5, 0.6) is 0 Å². The van der Waals surface area contributed by atoms with Gasteiger partial charge in [-0.1, -0.05) is 36.4 Å². The van der Waals surface area contributed by atoms with Gasteiger partial charge in [0.1, 0.15) is 12.4 Å². The number of fused-ring (bicyclic) bond motifs is 1. The van der Waals surface area contributed by atoms with Crippen molar-refractivity contribution in [2.45, 2.75) is 13.1 Å². The van der Waals surface area contributed by atoms with Crippen LogP contribution in [0, 0.1) is 0 Å². The summed E-state index contributed by atoms with van der Waals surface area (Å²) < 4.78 is 1.82. The molecule has 26 heavy (non-hydrogen) atoms. The van der Waals surface area contributed by atoms with Crippen molar-refractivity contribution in [2.75, 3.05) is 6.54 Å². The van der Waals surface area contributed by atoms with Crippen LogP contribution >= 0.6 is 0 Å². The van der Waals surface area contributed by atoms with E-state index in [1.807, 2.05) is 47.0 Å². The van der Waals surface area contributed by atoms with Crippen LogP contribution < -0.4 is 10.6 Å². The molecule has 0 aliphatic heterocycles. The monoisotopic (exact) mass is 348 g/mol. The molecule has 0 aliphatic rings. The SMILES string of the molecule is C=CCNC(=O)Cn1c(CNC(=O)c2ccccc2)nc2ccccc21. The molecule has 0 atom stereocenters. The third kappa shape index (κ3) is 3.97. The maximum atomic E-state index is 12.3. The first-order valence-electron chi connectivity index (χ1n) is 8.34. The molecule has 2 aromatic carbocycles. The molecule has 0 fully saturated rings. The number of imidazole rings is 1. The van der Waals surface area contributed by atoms with Crippen LogP contribution in [0.2, 0.25) is 0 Å². The number of hydrogen-bond donors (Lipinski definition) is 2. The zero-order valence-corrected chi connectivity index (χ0v) is 14.3. The van der Waals surface area contributed by atoms with Gasteiger partial charge in [0.15, 0.2) is 0 Å². The van der Waals surface area contributed by atoms with Crippen LogP contribution in [0.4, 0.5) is 0 Å². The first-order chi connectivity index (χ1) is 12.7. The lowest BCUT2D eigenvalue weighted by atomic mass is 10.2. The number of rotatable bonds is 7. The number of para-hydroxylation sites is 2. The van der Waals surface area contributed by atoms with Gasteiger partial charge in [-0.05, 0) is 24.3 Å². The Morgan fingerprint density at radius 3 is 2.54 bits per heavy atom. The van der Waals surface area contributed by atoms with E-state index in [1.54, 1.807) is 18.2 Å². The molecule has 6 nitrogen and oxygen atoms in total. The number of hydrogen-bond acceptors (Lipinski definition) is 3. The number of carbonyl (C=O) groups excluding carboxylic acids is 2. The Balaban J connectivity index is 1.80. The maximum absolute atomic E-state index is 12.3. The summed E-state index contributed by atoms with van der Waals surface area (Å²) in [5.41, 5.74) is 2.22. The molecule has 0 aliphatic carbocycles. The lowest BCUT2D eigenvalue weighted by Crippen LogP contribution is -2.30. The minimum Gasteiger partial charge on any atom is -0.351 e. The summed E-state index contributed by atoms with van der Waals surface area (Å²) in [5.74, 6) is 0.313. The first-order valence-corrected chi connectivity index (χ1v) is 8.34. The molecule has 0 spiro atoms. The van der Waals surface area contributed by atoms with Crippen LogP contribution in [-0.2, 0) is 17.9 Å². The third-order valence-electron chi connectivity index (χ3n) is 3.92. The highest BCUT2D eigenvalue weighted by molar-refractivity contribution is 5.94. The minimum absolute atomic E-state index is 0.130. The standard InChI is InChI=1S/C20H20N4O2/c1-2-12-21-19(25)14-24-17-11-7-6-10-16(17)23-18(24)13-22-20(26)15-8-4-3-5-9-15/h2-11H,1,12-14H2,(H,21,25)(H,22,26). The van der Waals surface area contributed by atoms with E-state index in [4.69, 9.17) is 0 Å². The van der Waals surface area contributed by atoms with E-state index in [0.29, 0.717) is 17.9 Å². The summed E-state index contributed by atoms with van der Waals surface area (Å²) in [7, 11) is 0. The molecular weight excluding hydrogens is 328 g/mol. The molecule has 0 unspecified atom stereocenters. The predicted molar refractivity (Wildman–Crippen MR) is 101 cm³/mol. The van der Waals surface area contributed by atoms with Gasteiger partial charge in [0.2, 0.25) is 5.91 Å². The summed E-state index contributed by atoms with van der Waals surface area (Å²) in [6.45, 7) is 4.36. The smallest absolute Gasteiger partial charge is 0.251 e. The Hall–Kier alpha value is -3.41. The number of nitrogens with zero attached hydrogens (tertiary/aromatic N) is 2. The van der Waals surface area contributed by atoms with Gasteiger partial charge < -0.3 is 15.2 Å². The molecule has 2 N–H and O–H groups in total. The second kappa shape index (κ2) is 8.11. The van der Waals surface area contributed by atoms with Gasteiger partial charge in [0, 0.05) is 12.1 Å². The number of amides is 2. The van der Waals surface area contributed by atoms with Gasteiger partial charge in [-0.3, -0.25) is 9.59 Å². The van der Waals surface area contributed by atoms with Crippen LogP contribution in [0.1, 0.15) is 16.2 Å². The molecule has 0 saturated heterocycles. The fourth-order valence-electron chi connectivity index (χ4n) is 2.67. The zero-order valence-electron chi connectivity index (χ0n) is 14.3. The summed E-state index contributed by atoms with van der Waals surface area (Å²) in [6, 6.07) is 16.6. The minimum atomic E-state index is -0.180. The quantitative estimate of drug-likeness (QED) is 0.643. The van der Waals surface area contributed by atoms with Crippen molar-refractivity contribution < 1.29 is 9.59 Å². The van der Waals surface area contributed by atoms with Crippen molar-refractivity contribution in [3.05, 3.63) is 78.6 Å². The van der Waals surface area contributed by atoms with Crippen LogP contribution in [0.3, 0.4) is 0 Å². The highest BCUT2D eigenvalue weighted by Crippen LogP contribution is 2.16. The molecule has 0 bridgehead atoms. The summed E-state index contributed by atoms with van der Waals surface area (Å²) in [4.78, 5) is 29.0. The van der Waals surface area contributed by atoms with E-state index < -0.39 is 0 Å². The molecule has 3 rings (SSSR count). The second-order valence-electron chi connectivity index (χ2n) is 5.74. The van der Waals surface area contributed by atoms with E-state index in [9.17, 15) is 9.59 Å². The molecule has 6 heteroatoms. The van der Waals surface area contributed by atoms with Crippen molar-refractivity contribution in [1.82, 2.24) is 20.2 Å². The Labute approximate surface area is 151 Å². The normalized spacial score (nSPS) is 10.5. The predicted octanol–water partition coefficient (Wildman–Crippen LogP) is 2.27. The van der Waals surface area contributed by atoms with Crippen molar-refractivity contribution >= 4 is 22.8 Å². The Morgan fingerprint density at radius 1 is 1.04 bits per heavy atom.